The van der Waals surface area contributed by atoms with Crippen LogP contribution in [0.1, 0.15) is 46.5 Å². The summed E-state index contributed by atoms with van der Waals surface area (Å²) in [6.45, 7) is 8.98. The molecule has 82 valence electrons. The maximum Gasteiger partial charge on any atom is 0.0483 e. The van der Waals surface area contributed by atoms with Crippen LogP contribution in [0, 0.1) is 0 Å². The van der Waals surface area contributed by atoms with E-state index in [1.54, 1.807) is 0 Å². The Kier molecular flexibility index (Phi) is 2.85. The molecule has 0 N–H and O–H groups in total. The maximum atomic E-state index is 5.49. The Bertz CT molecular complexity index is 191. The third-order valence-electron chi connectivity index (χ3n) is 4.03. The molecule has 0 aromatic carbocycles. The van der Waals surface area contributed by atoms with Gasteiger partial charge in [-0.25, -0.2) is 0 Å². The Hall–Kier alpha value is -0.0800. The second kappa shape index (κ2) is 3.82. The Morgan fingerprint density at radius 2 is 1.86 bits per heavy atom. The fourth-order valence-electron chi connectivity index (χ4n) is 3.53. The lowest BCUT2D eigenvalue weighted by Crippen LogP contribution is -2.53. The third kappa shape index (κ3) is 1.59. The normalized spacial score (nSPS) is 33.0. The summed E-state index contributed by atoms with van der Waals surface area (Å²) in [5.41, 5.74) is 0.492. The van der Waals surface area contributed by atoms with Crippen molar-refractivity contribution < 1.29 is 4.74 Å². The zero-order chi connectivity index (χ0) is 10.2. The van der Waals surface area contributed by atoms with Crippen molar-refractivity contribution in [2.24, 2.45) is 0 Å². The molecule has 2 aliphatic rings. The molecule has 1 atom stereocenters. The van der Waals surface area contributed by atoms with Crippen molar-refractivity contribution >= 4 is 0 Å². The van der Waals surface area contributed by atoms with Crippen LogP contribution in [-0.4, -0.2) is 35.7 Å². The summed E-state index contributed by atoms with van der Waals surface area (Å²) in [5, 5.41) is 0. The maximum absolute atomic E-state index is 5.49. The van der Waals surface area contributed by atoms with E-state index >= 15 is 0 Å². The van der Waals surface area contributed by atoms with Crippen LogP contribution in [0.4, 0.5) is 0 Å². The Labute approximate surface area is 87.6 Å². The van der Waals surface area contributed by atoms with Gasteiger partial charge in [0.1, 0.15) is 0 Å². The fourth-order valence-corrected chi connectivity index (χ4v) is 3.53. The van der Waals surface area contributed by atoms with E-state index in [1.165, 1.54) is 25.7 Å². The molecule has 2 heterocycles. The highest BCUT2D eigenvalue weighted by atomic mass is 16.5. The molecule has 0 aliphatic carbocycles. The van der Waals surface area contributed by atoms with Gasteiger partial charge in [0.25, 0.3) is 0 Å². The fraction of sp³-hybridized carbons (Fsp3) is 1.00. The van der Waals surface area contributed by atoms with E-state index in [4.69, 9.17) is 4.74 Å². The van der Waals surface area contributed by atoms with Crippen molar-refractivity contribution in [3.05, 3.63) is 0 Å². The average Bonchev–Trinajstić information content (AvgIpc) is 2.45. The summed E-state index contributed by atoms with van der Waals surface area (Å²) in [7, 11) is 0. The van der Waals surface area contributed by atoms with Crippen LogP contribution in [0.15, 0.2) is 0 Å². The van der Waals surface area contributed by atoms with Gasteiger partial charge in [-0.15, -0.1) is 0 Å². The number of ether oxygens (including phenoxy) is 1. The zero-order valence-corrected chi connectivity index (χ0v) is 9.75. The van der Waals surface area contributed by atoms with Gasteiger partial charge in [0.15, 0.2) is 0 Å². The number of rotatable bonds is 1. The van der Waals surface area contributed by atoms with Gasteiger partial charge >= 0.3 is 0 Å². The van der Waals surface area contributed by atoms with Crippen LogP contribution >= 0.6 is 0 Å². The van der Waals surface area contributed by atoms with E-state index in [-0.39, 0.29) is 0 Å². The molecule has 2 rings (SSSR count). The minimum atomic E-state index is 0.492. The monoisotopic (exact) mass is 197 g/mol. The highest BCUT2D eigenvalue weighted by Crippen LogP contribution is 2.42. The molecule has 0 aromatic rings. The van der Waals surface area contributed by atoms with Crippen molar-refractivity contribution in [1.29, 1.82) is 0 Å². The van der Waals surface area contributed by atoms with E-state index in [0.717, 1.165) is 19.3 Å². The molecule has 0 aromatic heterocycles. The molecule has 0 saturated carbocycles. The van der Waals surface area contributed by atoms with E-state index < -0.39 is 0 Å². The van der Waals surface area contributed by atoms with Crippen molar-refractivity contribution in [3.63, 3.8) is 0 Å². The molecular weight excluding hydrogens is 174 g/mol. The third-order valence-corrected chi connectivity index (χ3v) is 4.03. The summed E-state index contributed by atoms with van der Waals surface area (Å²) in [5.74, 6) is 0. The van der Waals surface area contributed by atoms with Crippen molar-refractivity contribution in [2.75, 3.05) is 13.2 Å². The van der Waals surface area contributed by atoms with E-state index in [9.17, 15) is 0 Å². The number of hydrogen-bond donors (Lipinski definition) is 0. The molecule has 0 amide bonds. The van der Waals surface area contributed by atoms with Gasteiger partial charge in [-0.2, -0.15) is 0 Å². The molecule has 14 heavy (non-hydrogen) atoms. The van der Waals surface area contributed by atoms with Crippen molar-refractivity contribution in [2.45, 2.75) is 64.1 Å². The molecule has 0 unspecified atom stereocenters. The standard InChI is InChI=1S/C12H23NO/c1-10(2)13-11(3)4-5-12(13)6-8-14-9-7-12/h10-11H,4-9H2,1-3H3/t11-/m1/s1. The second-order valence-corrected chi connectivity index (χ2v) is 5.23. The molecular formula is C12H23NO. The van der Waals surface area contributed by atoms with E-state index in [0.29, 0.717) is 11.6 Å². The smallest absolute Gasteiger partial charge is 0.0483 e. The molecule has 2 nitrogen and oxygen atoms in total. The van der Waals surface area contributed by atoms with E-state index in [2.05, 4.69) is 25.7 Å². The topological polar surface area (TPSA) is 12.5 Å². The summed E-state index contributed by atoms with van der Waals surface area (Å²) < 4.78 is 5.49. The number of nitrogens with zero attached hydrogens (tertiary/aromatic N) is 1. The van der Waals surface area contributed by atoms with E-state index in [1.807, 2.05) is 0 Å². The second-order valence-electron chi connectivity index (χ2n) is 5.23. The molecule has 2 heteroatoms. The lowest BCUT2D eigenvalue weighted by molar-refractivity contribution is -0.0309. The Morgan fingerprint density at radius 3 is 2.43 bits per heavy atom. The molecule has 0 bridgehead atoms. The number of likely N-dealkylation sites (tertiary alicyclic amines) is 1. The zero-order valence-electron chi connectivity index (χ0n) is 9.75. The van der Waals surface area contributed by atoms with Crippen LogP contribution in [-0.2, 0) is 4.74 Å². The first-order chi connectivity index (χ1) is 6.66. The van der Waals surface area contributed by atoms with Gasteiger partial charge in [0.05, 0.1) is 0 Å². The predicted molar refractivity (Wildman–Crippen MR) is 58.5 cm³/mol. The van der Waals surface area contributed by atoms with Crippen LogP contribution in [0.5, 0.6) is 0 Å². The first kappa shape index (κ1) is 10.4. The lowest BCUT2D eigenvalue weighted by atomic mass is 9.86. The first-order valence-electron chi connectivity index (χ1n) is 6.02. The molecule has 2 saturated heterocycles. The van der Waals surface area contributed by atoms with Gasteiger partial charge in [0.2, 0.25) is 0 Å². The summed E-state index contributed by atoms with van der Waals surface area (Å²) in [6, 6.07) is 1.46. The summed E-state index contributed by atoms with van der Waals surface area (Å²) in [4.78, 5) is 2.75. The average molecular weight is 197 g/mol. The first-order valence-corrected chi connectivity index (χ1v) is 6.02. The largest absolute Gasteiger partial charge is 0.381 e. The minimum Gasteiger partial charge on any atom is -0.381 e. The van der Waals surface area contributed by atoms with Gasteiger partial charge < -0.3 is 4.74 Å². The van der Waals surface area contributed by atoms with Crippen LogP contribution in [0.25, 0.3) is 0 Å². The summed E-state index contributed by atoms with van der Waals surface area (Å²) in [6.07, 6.45) is 5.25. The molecule has 1 spiro atoms. The Morgan fingerprint density at radius 1 is 1.21 bits per heavy atom. The highest BCUT2D eigenvalue weighted by Gasteiger charge is 2.46. The van der Waals surface area contributed by atoms with Crippen LogP contribution in [0.2, 0.25) is 0 Å². The number of hydrogen-bond acceptors (Lipinski definition) is 2. The van der Waals surface area contributed by atoms with Gasteiger partial charge in [0, 0.05) is 30.8 Å². The minimum absolute atomic E-state index is 0.492. The van der Waals surface area contributed by atoms with Gasteiger partial charge in [-0.1, -0.05) is 0 Å². The van der Waals surface area contributed by atoms with Crippen molar-refractivity contribution in [1.82, 2.24) is 4.90 Å². The summed E-state index contributed by atoms with van der Waals surface area (Å²) >= 11 is 0. The van der Waals surface area contributed by atoms with Gasteiger partial charge in [-0.05, 0) is 46.5 Å². The Balaban J connectivity index is 2.15. The predicted octanol–water partition coefficient (Wildman–Crippen LogP) is 2.43. The SMILES string of the molecule is CC(C)N1[C@H](C)CCC12CCOCC2. The quantitative estimate of drug-likeness (QED) is 0.640. The van der Waals surface area contributed by atoms with Crippen LogP contribution in [0.3, 0.4) is 0 Å². The van der Waals surface area contributed by atoms with Gasteiger partial charge in [-0.3, -0.25) is 4.90 Å². The lowest BCUT2D eigenvalue weighted by Gasteiger charge is -2.45. The highest BCUT2D eigenvalue weighted by molar-refractivity contribution is 5.01. The molecule has 0 radical (unpaired) electrons. The van der Waals surface area contributed by atoms with Crippen molar-refractivity contribution in [3.8, 4) is 0 Å². The van der Waals surface area contributed by atoms with Crippen LogP contribution < -0.4 is 0 Å². The molecule has 2 fully saturated rings. The molecule has 2 aliphatic heterocycles.